The largest absolute Gasteiger partial charge is 0.493 e. The Morgan fingerprint density at radius 3 is 2.62 bits per heavy atom. The monoisotopic (exact) mass is 349 g/mol. The fourth-order valence-electron chi connectivity index (χ4n) is 2.13. The van der Waals surface area contributed by atoms with Gasteiger partial charge in [-0.2, -0.15) is 0 Å². The zero-order valence-corrected chi connectivity index (χ0v) is 15.5. The fourth-order valence-corrected chi connectivity index (χ4v) is 3.14. The van der Waals surface area contributed by atoms with Crippen LogP contribution in [0.5, 0.6) is 5.75 Å². The third kappa shape index (κ3) is 4.29. The van der Waals surface area contributed by atoms with Crippen molar-refractivity contribution in [3.8, 4) is 17.2 Å². The third-order valence-electron chi connectivity index (χ3n) is 3.34. The Morgan fingerprint density at radius 1 is 1.29 bits per heavy atom. The number of carbonyl (C=O) groups is 1. The Labute approximate surface area is 146 Å². The lowest BCUT2D eigenvalue weighted by molar-refractivity contribution is -0.128. The van der Waals surface area contributed by atoms with E-state index in [9.17, 15) is 4.79 Å². The maximum Gasteiger partial charge on any atom is 0.277 e. The van der Waals surface area contributed by atoms with Gasteiger partial charge in [0.05, 0.1) is 17.4 Å². The molecule has 0 aliphatic rings. The van der Waals surface area contributed by atoms with Crippen molar-refractivity contribution in [3.05, 3.63) is 24.3 Å². The number of para-hydroxylation sites is 1. The van der Waals surface area contributed by atoms with Crippen LogP contribution in [0.15, 0.2) is 33.9 Å². The van der Waals surface area contributed by atoms with Crippen LogP contribution in [0.4, 0.5) is 0 Å². The number of hydrogen-bond donors (Lipinski definition) is 0. The maximum absolute atomic E-state index is 12.3. The molecule has 24 heavy (non-hydrogen) atoms. The van der Waals surface area contributed by atoms with Crippen molar-refractivity contribution in [2.24, 2.45) is 5.92 Å². The first kappa shape index (κ1) is 18.3. The second-order valence-electron chi connectivity index (χ2n) is 5.82. The fraction of sp³-hybridized carbons (Fsp3) is 0.471. The van der Waals surface area contributed by atoms with Crippen molar-refractivity contribution >= 4 is 17.7 Å². The molecule has 7 heteroatoms. The highest BCUT2D eigenvalue weighted by atomic mass is 32.2. The van der Waals surface area contributed by atoms with Crippen LogP contribution in [-0.4, -0.2) is 47.0 Å². The first-order valence-electron chi connectivity index (χ1n) is 7.87. The van der Waals surface area contributed by atoms with E-state index >= 15 is 0 Å². The summed E-state index contributed by atoms with van der Waals surface area (Å²) in [6.07, 6.45) is 0. The van der Waals surface area contributed by atoms with E-state index in [1.165, 1.54) is 11.8 Å². The van der Waals surface area contributed by atoms with Gasteiger partial charge in [0.15, 0.2) is 0 Å². The Bertz CT molecular complexity index is 685. The number of benzene rings is 1. The molecule has 0 aliphatic heterocycles. The zero-order valence-electron chi connectivity index (χ0n) is 14.6. The van der Waals surface area contributed by atoms with E-state index in [4.69, 9.17) is 9.15 Å². The molecule has 2 rings (SSSR count). The average molecular weight is 349 g/mol. The van der Waals surface area contributed by atoms with Gasteiger partial charge in [0.25, 0.3) is 11.1 Å². The number of carbonyl (C=O) groups excluding carboxylic acids is 1. The van der Waals surface area contributed by atoms with Gasteiger partial charge in [0.2, 0.25) is 5.91 Å². The SMILES string of the molecule is CCOc1ccccc1-c1nnc(SC(C(=O)N(C)C)C(C)C)o1. The minimum absolute atomic E-state index is 0.0319. The van der Waals surface area contributed by atoms with E-state index in [2.05, 4.69) is 10.2 Å². The summed E-state index contributed by atoms with van der Waals surface area (Å²) in [5, 5.41) is 8.29. The molecule has 0 bridgehead atoms. The van der Waals surface area contributed by atoms with Crippen molar-refractivity contribution in [2.45, 2.75) is 31.2 Å². The number of amides is 1. The highest BCUT2D eigenvalue weighted by Crippen LogP contribution is 2.33. The highest BCUT2D eigenvalue weighted by Gasteiger charge is 2.27. The quantitative estimate of drug-likeness (QED) is 0.714. The van der Waals surface area contributed by atoms with E-state index in [-0.39, 0.29) is 17.1 Å². The van der Waals surface area contributed by atoms with Crippen LogP contribution in [0, 0.1) is 5.92 Å². The van der Waals surface area contributed by atoms with Gasteiger partial charge in [-0.15, -0.1) is 10.2 Å². The zero-order chi connectivity index (χ0) is 17.7. The molecule has 0 spiro atoms. The predicted octanol–water partition coefficient (Wildman–Crippen LogP) is 3.34. The molecule has 1 atom stereocenters. The van der Waals surface area contributed by atoms with E-state index in [1.807, 2.05) is 45.0 Å². The summed E-state index contributed by atoms with van der Waals surface area (Å²) in [4.78, 5) is 13.9. The molecular weight excluding hydrogens is 326 g/mol. The van der Waals surface area contributed by atoms with Crippen LogP contribution in [-0.2, 0) is 4.79 Å². The first-order valence-corrected chi connectivity index (χ1v) is 8.75. The van der Waals surface area contributed by atoms with Crippen LogP contribution in [0.25, 0.3) is 11.5 Å². The van der Waals surface area contributed by atoms with Crippen molar-refractivity contribution in [2.75, 3.05) is 20.7 Å². The number of aromatic nitrogens is 2. The maximum atomic E-state index is 12.3. The van der Waals surface area contributed by atoms with Crippen molar-refractivity contribution in [1.82, 2.24) is 15.1 Å². The molecule has 6 nitrogen and oxygen atoms in total. The molecule has 1 unspecified atom stereocenters. The van der Waals surface area contributed by atoms with Crippen LogP contribution >= 0.6 is 11.8 Å². The molecule has 0 saturated carbocycles. The normalized spacial score (nSPS) is 12.2. The summed E-state index contributed by atoms with van der Waals surface area (Å²) in [5.74, 6) is 1.27. The summed E-state index contributed by atoms with van der Waals surface area (Å²) in [6.45, 7) is 6.48. The molecule has 0 aliphatic carbocycles. The second-order valence-corrected chi connectivity index (χ2v) is 6.91. The van der Waals surface area contributed by atoms with Gasteiger partial charge in [0, 0.05) is 14.1 Å². The molecule has 130 valence electrons. The summed E-state index contributed by atoms with van der Waals surface area (Å²) in [7, 11) is 3.49. The predicted molar refractivity (Wildman–Crippen MR) is 94.1 cm³/mol. The minimum Gasteiger partial charge on any atom is -0.493 e. The molecule has 0 N–H and O–H groups in total. The minimum atomic E-state index is -0.268. The molecule has 0 fully saturated rings. The number of nitrogens with zero attached hydrogens (tertiary/aromatic N) is 3. The van der Waals surface area contributed by atoms with E-state index in [0.717, 1.165) is 5.56 Å². The van der Waals surface area contributed by atoms with E-state index in [1.54, 1.807) is 19.0 Å². The highest BCUT2D eigenvalue weighted by molar-refractivity contribution is 8.00. The van der Waals surface area contributed by atoms with E-state index in [0.29, 0.717) is 23.5 Å². The third-order valence-corrected chi connectivity index (χ3v) is 4.71. The molecule has 0 radical (unpaired) electrons. The summed E-state index contributed by atoms with van der Waals surface area (Å²) in [6, 6.07) is 7.52. The van der Waals surface area contributed by atoms with Gasteiger partial charge >= 0.3 is 0 Å². The number of hydrogen-bond acceptors (Lipinski definition) is 6. The van der Waals surface area contributed by atoms with Gasteiger partial charge in [-0.1, -0.05) is 37.7 Å². The van der Waals surface area contributed by atoms with Gasteiger partial charge in [-0.3, -0.25) is 4.79 Å². The topological polar surface area (TPSA) is 68.5 Å². The standard InChI is InChI=1S/C17H23N3O3S/c1-6-22-13-10-8-7-9-12(13)15-18-19-17(23-15)24-14(11(2)3)16(21)20(4)5/h7-11,14H,6H2,1-5H3. The van der Waals surface area contributed by atoms with Crippen LogP contribution in [0.1, 0.15) is 20.8 Å². The molecular formula is C17H23N3O3S. The Balaban J connectivity index is 2.23. The smallest absolute Gasteiger partial charge is 0.277 e. The van der Waals surface area contributed by atoms with Crippen LogP contribution < -0.4 is 4.74 Å². The summed E-state index contributed by atoms with van der Waals surface area (Å²) in [5.41, 5.74) is 0.749. The van der Waals surface area contributed by atoms with Crippen LogP contribution in [0.2, 0.25) is 0 Å². The summed E-state index contributed by atoms with van der Waals surface area (Å²) >= 11 is 1.30. The Morgan fingerprint density at radius 2 is 2.00 bits per heavy atom. The van der Waals surface area contributed by atoms with E-state index < -0.39 is 0 Å². The number of thioether (sulfide) groups is 1. The Hall–Kier alpha value is -2.02. The van der Waals surface area contributed by atoms with Crippen molar-refractivity contribution < 1.29 is 13.9 Å². The lowest BCUT2D eigenvalue weighted by Gasteiger charge is -2.21. The molecule has 1 aromatic carbocycles. The first-order chi connectivity index (χ1) is 11.4. The van der Waals surface area contributed by atoms with Crippen molar-refractivity contribution in [1.29, 1.82) is 0 Å². The lowest BCUT2D eigenvalue weighted by atomic mass is 10.1. The Kier molecular flexibility index (Phi) is 6.25. The van der Waals surface area contributed by atoms with Gasteiger partial charge in [0.1, 0.15) is 5.75 Å². The molecule has 0 saturated heterocycles. The van der Waals surface area contributed by atoms with Crippen LogP contribution in [0.3, 0.4) is 0 Å². The molecule has 1 heterocycles. The summed E-state index contributed by atoms with van der Waals surface area (Å²) < 4.78 is 11.4. The van der Waals surface area contributed by atoms with Gasteiger partial charge < -0.3 is 14.1 Å². The average Bonchev–Trinajstić information content (AvgIpc) is 3.01. The number of ether oxygens (including phenoxy) is 1. The number of rotatable bonds is 7. The lowest BCUT2D eigenvalue weighted by Crippen LogP contribution is -2.34. The molecule has 1 aromatic heterocycles. The van der Waals surface area contributed by atoms with Gasteiger partial charge in [-0.05, 0) is 25.0 Å². The van der Waals surface area contributed by atoms with Crippen molar-refractivity contribution in [3.63, 3.8) is 0 Å². The molecule has 1 amide bonds. The molecule has 2 aromatic rings. The van der Waals surface area contributed by atoms with Gasteiger partial charge in [-0.25, -0.2) is 0 Å². The second kappa shape index (κ2) is 8.19.